The van der Waals surface area contributed by atoms with Crippen LogP contribution in [-0.2, 0) is 6.18 Å². The van der Waals surface area contributed by atoms with Gasteiger partial charge in [-0.1, -0.05) is 0 Å². The minimum Gasteiger partial charge on any atom is -0.487 e. The summed E-state index contributed by atoms with van der Waals surface area (Å²) in [5, 5.41) is 0. The van der Waals surface area contributed by atoms with Gasteiger partial charge in [-0.15, -0.1) is 0 Å². The highest BCUT2D eigenvalue weighted by atomic mass is 19.4. The van der Waals surface area contributed by atoms with Gasteiger partial charge in [0.2, 0.25) is 5.82 Å². The monoisotopic (exact) mass is 233 g/mol. The van der Waals surface area contributed by atoms with Crippen molar-refractivity contribution < 1.29 is 17.9 Å². The Labute approximate surface area is 89.6 Å². The second kappa shape index (κ2) is 3.89. The minimum absolute atomic E-state index is 0.0321. The van der Waals surface area contributed by atoms with Gasteiger partial charge in [0.1, 0.15) is 6.10 Å². The van der Waals surface area contributed by atoms with E-state index in [9.17, 15) is 13.2 Å². The second-order valence-corrected chi connectivity index (χ2v) is 3.71. The van der Waals surface area contributed by atoms with E-state index >= 15 is 0 Å². The number of alkyl halides is 3. The third-order valence-corrected chi connectivity index (χ3v) is 2.32. The van der Waals surface area contributed by atoms with Crippen molar-refractivity contribution in [2.24, 2.45) is 5.73 Å². The summed E-state index contributed by atoms with van der Waals surface area (Å²) in [7, 11) is 0. The van der Waals surface area contributed by atoms with Crippen LogP contribution in [0.2, 0.25) is 0 Å². The average molecular weight is 233 g/mol. The summed E-state index contributed by atoms with van der Waals surface area (Å²) in [6, 6.07) is 0.125. The van der Waals surface area contributed by atoms with Crippen LogP contribution in [0.25, 0.3) is 0 Å². The van der Waals surface area contributed by atoms with Gasteiger partial charge in [-0.05, 0) is 12.8 Å². The van der Waals surface area contributed by atoms with Crippen LogP contribution in [-0.4, -0.2) is 22.1 Å². The fourth-order valence-corrected chi connectivity index (χ4v) is 1.42. The Kier molecular flexibility index (Phi) is 2.71. The fourth-order valence-electron chi connectivity index (χ4n) is 1.42. The molecule has 0 aromatic carbocycles. The first-order valence-corrected chi connectivity index (χ1v) is 4.76. The van der Waals surface area contributed by atoms with Crippen LogP contribution in [0.4, 0.5) is 13.2 Å². The normalized spacial score (nSPS) is 25.0. The van der Waals surface area contributed by atoms with E-state index in [1.54, 1.807) is 0 Å². The molecule has 1 fully saturated rings. The summed E-state index contributed by atoms with van der Waals surface area (Å²) in [6.07, 6.45) is -1.08. The van der Waals surface area contributed by atoms with Crippen molar-refractivity contribution >= 4 is 0 Å². The highest BCUT2D eigenvalue weighted by molar-refractivity contribution is 5.14. The van der Waals surface area contributed by atoms with Crippen LogP contribution in [0, 0.1) is 0 Å². The molecule has 0 spiro atoms. The third kappa shape index (κ3) is 2.41. The highest BCUT2D eigenvalue weighted by Crippen LogP contribution is 2.27. The minimum atomic E-state index is -4.52. The highest BCUT2D eigenvalue weighted by Gasteiger charge is 2.34. The molecule has 1 heterocycles. The van der Waals surface area contributed by atoms with Crippen molar-refractivity contribution in [3.05, 3.63) is 18.2 Å². The largest absolute Gasteiger partial charge is 0.487 e. The van der Waals surface area contributed by atoms with Crippen molar-refractivity contribution in [2.45, 2.75) is 31.2 Å². The van der Waals surface area contributed by atoms with E-state index in [1.807, 2.05) is 0 Å². The van der Waals surface area contributed by atoms with Crippen molar-refractivity contribution in [2.75, 3.05) is 0 Å². The van der Waals surface area contributed by atoms with Gasteiger partial charge in [0, 0.05) is 6.04 Å². The van der Waals surface area contributed by atoms with Crippen molar-refractivity contribution in [1.82, 2.24) is 9.97 Å². The van der Waals surface area contributed by atoms with E-state index < -0.39 is 12.0 Å². The Balaban J connectivity index is 1.97. The maximum atomic E-state index is 12.1. The van der Waals surface area contributed by atoms with E-state index in [0.29, 0.717) is 12.8 Å². The topological polar surface area (TPSA) is 61.0 Å². The van der Waals surface area contributed by atoms with Crippen LogP contribution in [0.5, 0.6) is 5.75 Å². The molecule has 0 saturated heterocycles. The van der Waals surface area contributed by atoms with E-state index in [1.165, 1.54) is 0 Å². The van der Waals surface area contributed by atoms with Crippen LogP contribution in [0.15, 0.2) is 12.4 Å². The molecule has 0 amide bonds. The lowest BCUT2D eigenvalue weighted by molar-refractivity contribution is -0.145. The summed E-state index contributed by atoms with van der Waals surface area (Å²) in [4.78, 5) is 6.38. The molecule has 0 bridgehead atoms. The summed E-state index contributed by atoms with van der Waals surface area (Å²) in [6.45, 7) is 0. The molecule has 0 radical (unpaired) electrons. The molecule has 1 aromatic rings. The van der Waals surface area contributed by atoms with Crippen LogP contribution < -0.4 is 10.5 Å². The SMILES string of the molecule is N[C@H]1C[C@H](Oc2cnc(C(F)(F)F)nc2)C1. The molecule has 0 aliphatic heterocycles. The Morgan fingerprint density at radius 3 is 2.25 bits per heavy atom. The van der Waals surface area contributed by atoms with Gasteiger partial charge >= 0.3 is 6.18 Å². The van der Waals surface area contributed by atoms with Crippen molar-refractivity contribution in [3.63, 3.8) is 0 Å². The number of hydrogen-bond acceptors (Lipinski definition) is 4. The molecule has 1 aliphatic carbocycles. The molecule has 4 nitrogen and oxygen atoms in total. The lowest BCUT2D eigenvalue weighted by Crippen LogP contribution is -2.43. The predicted octanol–water partition coefficient (Wildman–Crippen LogP) is 1.36. The van der Waals surface area contributed by atoms with Gasteiger partial charge in [-0.3, -0.25) is 0 Å². The Bertz CT molecular complexity index is 359. The van der Waals surface area contributed by atoms with E-state index in [0.717, 1.165) is 12.4 Å². The zero-order valence-corrected chi connectivity index (χ0v) is 8.24. The fraction of sp³-hybridized carbons (Fsp3) is 0.556. The molecule has 0 unspecified atom stereocenters. The van der Waals surface area contributed by atoms with Crippen molar-refractivity contribution in [1.29, 1.82) is 0 Å². The number of hydrogen-bond donors (Lipinski definition) is 1. The maximum absolute atomic E-state index is 12.1. The van der Waals surface area contributed by atoms with Gasteiger partial charge in [-0.2, -0.15) is 13.2 Å². The average Bonchev–Trinajstić information content (AvgIpc) is 2.15. The molecular formula is C9H10F3N3O. The standard InChI is InChI=1S/C9H10F3N3O/c10-9(11,12)8-14-3-7(4-15-8)16-6-1-5(13)2-6/h3-6H,1-2,13H2/t5-,6-. The molecule has 7 heteroatoms. The van der Waals surface area contributed by atoms with Gasteiger partial charge in [-0.25, -0.2) is 9.97 Å². The third-order valence-electron chi connectivity index (χ3n) is 2.32. The molecule has 1 saturated carbocycles. The van der Waals surface area contributed by atoms with E-state index in [2.05, 4.69) is 9.97 Å². The smallest absolute Gasteiger partial charge is 0.451 e. The number of nitrogens with zero attached hydrogens (tertiary/aromatic N) is 2. The Morgan fingerprint density at radius 2 is 1.81 bits per heavy atom. The quantitative estimate of drug-likeness (QED) is 0.837. The summed E-state index contributed by atoms with van der Waals surface area (Å²) in [5.74, 6) is -0.921. The first-order valence-electron chi connectivity index (χ1n) is 4.76. The molecule has 1 aliphatic rings. The summed E-state index contributed by atoms with van der Waals surface area (Å²) in [5.41, 5.74) is 5.54. The Morgan fingerprint density at radius 1 is 1.25 bits per heavy atom. The number of aromatic nitrogens is 2. The van der Waals surface area contributed by atoms with Crippen LogP contribution >= 0.6 is 0 Å². The lowest BCUT2D eigenvalue weighted by Gasteiger charge is -2.32. The zero-order chi connectivity index (χ0) is 11.8. The van der Waals surface area contributed by atoms with Crippen LogP contribution in [0.1, 0.15) is 18.7 Å². The van der Waals surface area contributed by atoms with Crippen molar-refractivity contribution in [3.8, 4) is 5.75 Å². The van der Waals surface area contributed by atoms with Gasteiger partial charge in [0.15, 0.2) is 5.75 Å². The molecule has 16 heavy (non-hydrogen) atoms. The first kappa shape index (κ1) is 11.1. The molecule has 88 valence electrons. The van der Waals surface area contributed by atoms with Gasteiger partial charge in [0.05, 0.1) is 12.4 Å². The molecule has 0 atom stereocenters. The number of nitrogens with two attached hydrogens (primary N) is 1. The van der Waals surface area contributed by atoms with E-state index in [-0.39, 0.29) is 17.9 Å². The number of halogens is 3. The molecule has 2 rings (SSSR count). The summed E-state index contributed by atoms with van der Waals surface area (Å²) < 4.78 is 41.7. The second-order valence-electron chi connectivity index (χ2n) is 3.71. The van der Waals surface area contributed by atoms with Crippen LogP contribution in [0.3, 0.4) is 0 Å². The van der Waals surface area contributed by atoms with E-state index in [4.69, 9.17) is 10.5 Å². The van der Waals surface area contributed by atoms with Gasteiger partial charge in [0.25, 0.3) is 0 Å². The number of rotatable bonds is 2. The molecule has 1 aromatic heterocycles. The lowest BCUT2D eigenvalue weighted by atomic mass is 9.90. The Hall–Kier alpha value is -1.37. The zero-order valence-electron chi connectivity index (χ0n) is 8.24. The maximum Gasteiger partial charge on any atom is 0.451 e. The van der Waals surface area contributed by atoms with Gasteiger partial charge < -0.3 is 10.5 Å². The predicted molar refractivity (Wildman–Crippen MR) is 48.7 cm³/mol. The molecule has 2 N–H and O–H groups in total. The summed E-state index contributed by atoms with van der Waals surface area (Å²) >= 11 is 0. The number of ether oxygens (including phenoxy) is 1. The molecular weight excluding hydrogens is 223 g/mol. The first-order chi connectivity index (χ1) is 7.45.